The molecule has 0 aliphatic heterocycles. The second kappa shape index (κ2) is 10.1. The quantitative estimate of drug-likeness (QED) is 0.610. The zero-order valence-electron chi connectivity index (χ0n) is 15.2. The van der Waals surface area contributed by atoms with Gasteiger partial charge in [-0.15, -0.1) is 12.4 Å². The van der Waals surface area contributed by atoms with Gasteiger partial charge in [0.05, 0.1) is 7.11 Å². The number of amides is 1. The number of ether oxygens (including phenoxy) is 1. The molecule has 9 heteroatoms. The van der Waals surface area contributed by atoms with Crippen LogP contribution in [0.1, 0.15) is 49.4 Å². The lowest BCUT2D eigenvalue weighted by atomic mass is 10.2. The number of hydrogen-bond acceptors (Lipinski definition) is 5. The number of nitrogens with one attached hydrogen (secondary N) is 2. The zero-order chi connectivity index (χ0) is 18.4. The van der Waals surface area contributed by atoms with Crippen molar-refractivity contribution in [3.05, 3.63) is 23.8 Å². The second-order valence-corrected chi connectivity index (χ2v) is 8.17. The molecule has 1 aliphatic rings. The van der Waals surface area contributed by atoms with Gasteiger partial charge >= 0.3 is 0 Å². The smallest absolute Gasteiger partial charge is 0.251 e. The molecule has 7 nitrogen and oxygen atoms in total. The van der Waals surface area contributed by atoms with Crippen molar-refractivity contribution in [1.29, 1.82) is 0 Å². The molecule has 1 amide bonds. The van der Waals surface area contributed by atoms with E-state index in [0.717, 1.165) is 25.7 Å². The lowest BCUT2D eigenvalue weighted by Gasteiger charge is -2.16. The molecular formula is C17H28ClN3O4S. The molecule has 0 aromatic heterocycles. The Bertz CT molecular complexity index is 704. The Morgan fingerprint density at radius 1 is 1.35 bits per heavy atom. The summed E-state index contributed by atoms with van der Waals surface area (Å²) in [7, 11) is -2.34. The number of rotatable bonds is 8. The molecule has 1 atom stereocenters. The Kier molecular flexibility index (Phi) is 8.82. The molecule has 26 heavy (non-hydrogen) atoms. The van der Waals surface area contributed by atoms with Crippen LogP contribution in [0, 0.1) is 0 Å². The first-order valence-electron chi connectivity index (χ1n) is 8.57. The highest BCUT2D eigenvalue weighted by atomic mass is 35.5. The van der Waals surface area contributed by atoms with Gasteiger partial charge < -0.3 is 15.8 Å². The molecule has 0 radical (unpaired) electrons. The zero-order valence-corrected chi connectivity index (χ0v) is 16.8. The van der Waals surface area contributed by atoms with Crippen LogP contribution in [0.3, 0.4) is 0 Å². The Morgan fingerprint density at radius 2 is 2.00 bits per heavy atom. The van der Waals surface area contributed by atoms with Gasteiger partial charge in [0.2, 0.25) is 10.0 Å². The van der Waals surface area contributed by atoms with Crippen molar-refractivity contribution in [3.63, 3.8) is 0 Å². The highest BCUT2D eigenvalue weighted by molar-refractivity contribution is 7.89. The van der Waals surface area contributed by atoms with Crippen molar-refractivity contribution in [2.24, 2.45) is 5.73 Å². The van der Waals surface area contributed by atoms with Crippen molar-refractivity contribution in [1.82, 2.24) is 10.0 Å². The molecule has 0 bridgehead atoms. The number of carbonyl (C=O) groups excluding carboxylic acids is 1. The van der Waals surface area contributed by atoms with Crippen molar-refractivity contribution in [3.8, 4) is 5.75 Å². The molecule has 1 aromatic rings. The van der Waals surface area contributed by atoms with Gasteiger partial charge in [0.1, 0.15) is 10.6 Å². The summed E-state index contributed by atoms with van der Waals surface area (Å²) in [6.45, 7) is 2.30. The summed E-state index contributed by atoms with van der Waals surface area (Å²) in [4.78, 5) is 12.2. The van der Waals surface area contributed by atoms with E-state index in [4.69, 9.17) is 10.5 Å². The molecule has 1 unspecified atom stereocenters. The van der Waals surface area contributed by atoms with Gasteiger partial charge in [-0.2, -0.15) is 0 Å². The van der Waals surface area contributed by atoms with E-state index in [1.807, 2.05) is 6.92 Å². The monoisotopic (exact) mass is 405 g/mol. The van der Waals surface area contributed by atoms with Crippen LogP contribution in [-0.2, 0) is 10.0 Å². The van der Waals surface area contributed by atoms with Crippen LogP contribution in [-0.4, -0.2) is 40.1 Å². The van der Waals surface area contributed by atoms with Gasteiger partial charge in [-0.05, 0) is 44.4 Å². The molecule has 0 spiro atoms. The number of halogens is 1. The fourth-order valence-electron chi connectivity index (χ4n) is 2.87. The van der Waals surface area contributed by atoms with Gasteiger partial charge in [-0.1, -0.05) is 12.8 Å². The van der Waals surface area contributed by atoms with Crippen LogP contribution in [0.15, 0.2) is 23.1 Å². The summed E-state index contributed by atoms with van der Waals surface area (Å²) in [5.41, 5.74) is 5.93. The van der Waals surface area contributed by atoms with Gasteiger partial charge in [0.25, 0.3) is 5.91 Å². The Labute approximate surface area is 161 Å². The van der Waals surface area contributed by atoms with E-state index in [2.05, 4.69) is 10.0 Å². The first kappa shape index (κ1) is 22.7. The first-order valence-corrected chi connectivity index (χ1v) is 10.1. The molecule has 148 valence electrons. The largest absolute Gasteiger partial charge is 0.495 e. The molecule has 4 N–H and O–H groups in total. The topological polar surface area (TPSA) is 111 Å². The minimum absolute atomic E-state index is 0. The van der Waals surface area contributed by atoms with Crippen LogP contribution in [0.5, 0.6) is 5.75 Å². The molecule has 2 rings (SSSR count). The van der Waals surface area contributed by atoms with E-state index in [1.54, 1.807) is 6.07 Å². The van der Waals surface area contributed by atoms with E-state index in [-0.39, 0.29) is 46.6 Å². The lowest BCUT2D eigenvalue weighted by Crippen LogP contribution is -2.33. The van der Waals surface area contributed by atoms with Crippen LogP contribution >= 0.6 is 12.4 Å². The van der Waals surface area contributed by atoms with Crippen LogP contribution < -0.4 is 20.5 Å². The molecule has 1 fully saturated rings. The number of carbonyl (C=O) groups is 1. The minimum Gasteiger partial charge on any atom is -0.495 e. The standard InChI is InChI=1S/C17H27N3O4S.ClH/c1-12(18)9-10-19-17(21)13-7-8-15(24-2)16(11-13)25(22,23)20-14-5-3-4-6-14;/h7-8,11-12,14,20H,3-6,9-10,18H2,1-2H3,(H,19,21);1H. The third-order valence-corrected chi connectivity index (χ3v) is 5.82. The van der Waals surface area contributed by atoms with E-state index < -0.39 is 10.0 Å². The fourth-order valence-corrected chi connectivity index (χ4v) is 4.37. The molecule has 0 saturated heterocycles. The third-order valence-electron chi connectivity index (χ3n) is 4.28. The molecular weight excluding hydrogens is 378 g/mol. The molecule has 0 heterocycles. The van der Waals surface area contributed by atoms with Crippen LogP contribution in [0.2, 0.25) is 0 Å². The number of hydrogen-bond donors (Lipinski definition) is 3. The van der Waals surface area contributed by atoms with Gasteiger partial charge in [0, 0.05) is 24.2 Å². The fraction of sp³-hybridized carbons (Fsp3) is 0.588. The van der Waals surface area contributed by atoms with Crippen molar-refractivity contribution >= 4 is 28.3 Å². The summed E-state index contributed by atoms with van der Waals surface area (Å²) in [5, 5.41) is 2.74. The van der Waals surface area contributed by atoms with E-state index in [9.17, 15) is 13.2 Å². The summed E-state index contributed by atoms with van der Waals surface area (Å²) in [5.74, 6) is -0.113. The van der Waals surface area contributed by atoms with E-state index in [0.29, 0.717) is 13.0 Å². The number of nitrogens with two attached hydrogens (primary N) is 1. The number of sulfonamides is 1. The molecule has 1 aliphatic carbocycles. The number of methoxy groups -OCH3 is 1. The van der Waals surface area contributed by atoms with E-state index >= 15 is 0 Å². The maximum atomic E-state index is 12.7. The summed E-state index contributed by atoms with van der Waals surface area (Å²) in [6.07, 6.45) is 4.35. The van der Waals surface area contributed by atoms with E-state index in [1.165, 1.54) is 19.2 Å². The van der Waals surface area contributed by atoms with Gasteiger partial charge in [-0.25, -0.2) is 13.1 Å². The Balaban J connectivity index is 0.00000338. The number of benzene rings is 1. The van der Waals surface area contributed by atoms with Gasteiger partial charge in [-0.3, -0.25) is 4.79 Å². The molecule has 1 aromatic carbocycles. The van der Waals surface area contributed by atoms with Crippen molar-refractivity contribution in [2.45, 2.75) is 56.0 Å². The maximum Gasteiger partial charge on any atom is 0.251 e. The SMILES string of the molecule is COc1ccc(C(=O)NCCC(C)N)cc1S(=O)(=O)NC1CCCC1.Cl. The van der Waals surface area contributed by atoms with Crippen LogP contribution in [0.25, 0.3) is 0 Å². The summed E-state index contributed by atoms with van der Waals surface area (Å²) < 4.78 is 33.3. The Hall–Kier alpha value is -1.35. The summed E-state index contributed by atoms with van der Waals surface area (Å²) >= 11 is 0. The van der Waals surface area contributed by atoms with Crippen molar-refractivity contribution < 1.29 is 17.9 Å². The lowest BCUT2D eigenvalue weighted by molar-refractivity contribution is 0.0952. The predicted molar refractivity (Wildman–Crippen MR) is 103 cm³/mol. The second-order valence-electron chi connectivity index (χ2n) is 6.49. The average molecular weight is 406 g/mol. The van der Waals surface area contributed by atoms with Gasteiger partial charge in [0.15, 0.2) is 0 Å². The highest BCUT2D eigenvalue weighted by Gasteiger charge is 2.26. The minimum atomic E-state index is -3.75. The Morgan fingerprint density at radius 3 is 2.58 bits per heavy atom. The predicted octanol–water partition coefficient (Wildman–Crippen LogP) is 1.81. The summed E-state index contributed by atoms with van der Waals surface area (Å²) in [6, 6.07) is 4.34. The maximum absolute atomic E-state index is 12.7. The third kappa shape index (κ3) is 6.12. The van der Waals surface area contributed by atoms with Crippen molar-refractivity contribution in [2.75, 3.05) is 13.7 Å². The first-order chi connectivity index (χ1) is 11.8. The average Bonchev–Trinajstić information content (AvgIpc) is 3.06. The normalized spacial score (nSPS) is 16.0. The highest BCUT2D eigenvalue weighted by Crippen LogP contribution is 2.27. The van der Waals surface area contributed by atoms with Crippen LogP contribution in [0.4, 0.5) is 0 Å². The molecule has 1 saturated carbocycles.